The predicted molar refractivity (Wildman–Crippen MR) is 108 cm³/mol. The van der Waals surface area contributed by atoms with Gasteiger partial charge in [0.05, 0.1) is 11.6 Å². The van der Waals surface area contributed by atoms with Gasteiger partial charge in [-0.3, -0.25) is 9.59 Å². The number of rotatable bonds is 5. The van der Waals surface area contributed by atoms with E-state index in [9.17, 15) is 14.9 Å². The summed E-state index contributed by atoms with van der Waals surface area (Å²) in [6.07, 6.45) is 0. The summed E-state index contributed by atoms with van der Waals surface area (Å²) in [4.78, 5) is 24.4. The molecule has 0 spiro atoms. The molecule has 3 aromatic carbocycles. The largest absolute Gasteiger partial charge is 0.355 e. The van der Waals surface area contributed by atoms with Gasteiger partial charge in [-0.15, -0.1) is 0 Å². The lowest BCUT2D eigenvalue weighted by Gasteiger charge is -2.12. The molecule has 0 aliphatic heterocycles. The number of nitrogens with zero attached hydrogens (tertiary/aromatic N) is 1. The van der Waals surface area contributed by atoms with Crippen molar-refractivity contribution in [2.24, 2.45) is 0 Å². The number of carbonyl (C=O) groups excluding carboxylic acids is 2. The standard InChI is InChI=1S/C23H19N3O2/c1-25-22(27)17-12-10-16(11-13-17)15-26-23(28)21-9-5-4-8-20(21)19-7-3-2-6-18(19)14-24/h2-13H,15H2,1H3,(H,25,27)(H,26,28). The van der Waals surface area contributed by atoms with Gasteiger partial charge in [0.25, 0.3) is 11.8 Å². The summed E-state index contributed by atoms with van der Waals surface area (Å²) in [5.74, 6) is -0.376. The second kappa shape index (κ2) is 8.65. The van der Waals surface area contributed by atoms with Crippen LogP contribution < -0.4 is 10.6 Å². The lowest BCUT2D eigenvalue weighted by molar-refractivity contribution is 0.0946. The highest BCUT2D eigenvalue weighted by Crippen LogP contribution is 2.26. The Kier molecular flexibility index (Phi) is 5.83. The third-order valence-corrected chi connectivity index (χ3v) is 4.41. The maximum absolute atomic E-state index is 12.8. The molecule has 0 aliphatic carbocycles. The first-order valence-corrected chi connectivity index (χ1v) is 8.82. The van der Waals surface area contributed by atoms with Gasteiger partial charge in [-0.05, 0) is 35.4 Å². The molecule has 138 valence electrons. The number of amides is 2. The third-order valence-electron chi connectivity index (χ3n) is 4.41. The Morgan fingerprint density at radius 3 is 2.18 bits per heavy atom. The number of nitriles is 1. The maximum atomic E-state index is 12.8. The molecule has 0 heterocycles. The second-order valence-corrected chi connectivity index (χ2v) is 6.16. The number of hydrogen-bond acceptors (Lipinski definition) is 3. The quantitative estimate of drug-likeness (QED) is 0.722. The van der Waals surface area contributed by atoms with Crippen molar-refractivity contribution in [3.05, 3.63) is 95.1 Å². The fourth-order valence-electron chi connectivity index (χ4n) is 2.93. The molecule has 0 aromatic heterocycles. The number of carbonyl (C=O) groups is 2. The summed E-state index contributed by atoms with van der Waals surface area (Å²) in [6, 6.07) is 23.7. The minimum Gasteiger partial charge on any atom is -0.355 e. The lowest BCUT2D eigenvalue weighted by Crippen LogP contribution is -2.23. The van der Waals surface area contributed by atoms with Crippen LogP contribution in [0.3, 0.4) is 0 Å². The Balaban J connectivity index is 1.79. The fourth-order valence-corrected chi connectivity index (χ4v) is 2.93. The fraction of sp³-hybridized carbons (Fsp3) is 0.0870. The molecule has 0 aliphatic rings. The Labute approximate surface area is 163 Å². The average Bonchev–Trinajstić information content (AvgIpc) is 2.77. The van der Waals surface area contributed by atoms with E-state index in [4.69, 9.17) is 0 Å². The van der Waals surface area contributed by atoms with E-state index in [1.165, 1.54) is 0 Å². The second-order valence-electron chi connectivity index (χ2n) is 6.16. The molecule has 0 saturated carbocycles. The van der Waals surface area contributed by atoms with E-state index in [0.717, 1.165) is 11.1 Å². The molecule has 2 amide bonds. The highest BCUT2D eigenvalue weighted by molar-refractivity contribution is 6.01. The normalized spacial score (nSPS) is 10.0. The first-order chi connectivity index (χ1) is 13.6. The van der Waals surface area contributed by atoms with Crippen molar-refractivity contribution in [1.29, 1.82) is 5.26 Å². The summed E-state index contributed by atoms with van der Waals surface area (Å²) in [5, 5.41) is 14.8. The highest BCUT2D eigenvalue weighted by Gasteiger charge is 2.14. The smallest absolute Gasteiger partial charge is 0.252 e. The predicted octanol–water partition coefficient (Wildman–Crippen LogP) is 3.51. The minimum absolute atomic E-state index is 0.152. The van der Waals surface area contributed by atoms with E-state index in [1.54, 1.807) is 43.4 Å². The molecule has 0 fully saturated rings. The zero-order valence-electron chi connectivity index (χ0n) is 15.4. The van der Waals surface area contributed by atoms with Gasteiger partial charge in [0.1, 0.15) is 0 Å². The van der Waals surface area contributed by atoms with Gasteiger partial charge in [-0.1, -0.05) is 48.5 Å². The van der Waals surface area contributed by atoms with Crippen LogP contribution in [0.25, 0.3) is 11.1 Å². The van der Waals surface area contributed by atoms with Crippen LogP contribution in [0.1, 0.15) is 31.8 Å². The molecule has 0 radical (unpaired) electrons. The molecule has 28 heavy (non-hydrogen) atoms. The van der Waals surface area contributed by atoms with E-state index < -0.39 is 0 Å². The third kappa shape index (κ3) is 4.08. The molecule has 5 nitrogen and oxygen atoms in total. The van der Waals surface area contributed by atoms with Gasteiger partial charge < -0.3 is 10.6 Å². The van der Waals surface area contributed by atoms with Gasteiger partial charge in [0.15, 0.2) is 0 Å². The van der Waals surface area contributed by atoms with Crippen LogP contribution in [0.4, 0.5) is 0 Å². The van der Waals surface area contributed by atoms with Gasteiger partial charge in [0.2, 0.25) is 0 Å². The molecule has 0 bridgehead atoms. The Hall–Kier alpha value is -3.91. The Morgan fingerprint density at radius 1 is 0.857 bits per heavy atom. The number of nitrogens with one attached hydrogen (secondary N) is 2. The van der Waals surface area contributed by atoms with E-state index in [2.05, 4.69) is 16.7 Å². The van der Waals surface area contributed by atoms with Crippen molar-refractivity contribution >= 4 is 11.8 Å². The van der Waals surface area contributed by atoms with Gasteiger partial charge in [-0.2, -0.15) is 5.26 Å². The zero-order chi connectivity index (χ0) is 19.9. The van der Waals surface area contributed by atoms with E-state index in [-0.39, 0.29) is 11.8 Å². The monoisotopic (exact) mass is 369 g/mol. The molecule has 0 atom stereocenters. The Morgan fingerprint density at radius 2 is 1.50 bits per heavy atom. The molecule has 2 N–H and O–H groups in total. The molecule has 3 rings (SSSR count). The lowest BCUT2D eigenvalue weighted by atomic mass is 9.95. The van der Waals surface area contributed by atoms with Crippen LogP contribution in [0, 0.1) is 11.3 Å². The van der Waals surface area contributed by atoms with Crippen molar-refractivity contribution in [3.8, 4) is 17.2 Å². The molecule has 0 saturated heterocycles. The van der Waals surface area contributed by atoms with Crippen LogP contribution in [0.15, 0.2) is 72.8 Å². The summed E-state index contributed by atoms with van der Waals surface area (Å²) >= 11 is 0. The van der Waals surface area contributed by atoms with E-state index in [1.807, 2.05) is 36.4 Å². The van der Waals surface area contributed by atoms with Crippen molar-refractivity contribution < 1.29 is 9.59 Å². The van der Waals surface area contributed by atoms with Crippen molar-refractivity contribution in [1.82, 2.24) is 10.6 Å². The van der Waals surface area contributed by atoms with Crippen LogP contribution in [-0.4, -0.2) is 18.9 Å². The summed E-state index contributed by atoms with van der Waals surface area (Å²) in [5.41, 5.74) is 3.92. The highest BCUT2D eigenvalue weighted by atomic mass is 16.2. The summed E-state index contributed by atoms with van der Waals surface area (Å²) < 4.78 is 0. The van der Waals surface area contributed by atoms with Crippen LogP contribution >= 0.6 is 0 Å². The summed E-state index contributed by atoms with van der Waals surface area (Å²) in [7, 11) is 1.58. The average molecular weight is 369 g/mol. The molecule has 0 unspecified atom stereocenters. The molecule has 5 heteroatoms. The van der Waals surface area contributed by atoms with Crippen molar-refractivity contribution in [2.45, 2.75) is 6.54 Å². The van der Waals surface area contributed by atoms with Crippen molar-refractivity contribution in [3.63, 3.8) is 0 Å². The molecular weight excluding hydrogens is 350 g/mol. The van der Waals surface area contributed by atoms with Gasteiger partial charge in [0, 0.05) is 30.3 Å². The number of benzene rings is 3. The van der Waals surface area contributed by atoms with Gasteiger partial charge >= 0.3 is 0 Å². The van der Waals surface area contributed by atoms with Crippen LogP contribution in [0.2, 0.25) is 0 Å². The maximum Gasteiger partial charge on any atom is 0.252 e. The van der Waals surface area contributed by atoms with E-state index >= 15 is 0 Å². The SMILES string of the molecule is CNC(=O)c1ccc(CNC(=O)c2ccccc2-c2ccccc2C#N)cc1. The van der Waals surface area contributed by atoms with Crippen molar-refractivity contribution in [2.75, 3.05) is 7.05 Å². The summed E-state index contributed by atoms with van der Waals surface area (Å²) in [6.45, 7) is 0.334. The minimum atomic E-state index is -0.223. The Bertz CT molecular complexity index is 1050. The van der Waals surface area contributed by atoms with Crippen LogP contribution in [-0.2, 0) is 6.54 Å². The first kappa shape index (κ1) is 18.9. The van der Waals surface area contributed by atoms with Crippen LogP contribution in [0.5, 0.6) is 0 Å². The molecule has 3 aromatic rings. The number of hydrogen-bond donors (Lipinski definition) is 2. The topological polar surface area (TPSA) is 82.0 Å². The molecular formula is C23H19N3O2. The van der Waals surface area contributed by atoms with E-state index in [0.29, 0.717) is 28.8 Å². The van der Waals surface area contributed by atoms with Gasteiger partial charge in [-0.25, -0.2) is 0 Å². The zero-order valence-corrected chi connectivity index (χ0v) is 15.4. The first-order valence-electron chi connectivity index (χ1n) is 8.82.